The number of hydrogen-bond donors (Lipinski definition) is 2. The van der Waals surface area contributed by atoms with E-state index in [1.165, 1.54) is 4.88 Å². The third-order valence-corrected chi connectivity index (χ3v) is 7.12. The number of aryl methyl sites for hydroxylation is 1. The standard InChI is InChI=1S/C18H28N4O2S.C2HF3O2/c1-14-16(25-13-20-14)10-21-11-18(12-21)15(5-9-24-18)4-6-19-17(23)22-7-2-3-8-22;3-2(4,5)1(6)7/h13,15H,2-12H2,1H3,(H,19,23);(H,6,7). The average molecular weight is 479 g/mol. The van der Waals surface area contributed by atoms with E-state index in [9.17, 15) is 18.0 Å². The highest BCUT2D eigenvalue weighted by Gasteiger charge is 2.52. The van der Waals surface area contributed by atoms with E-state index in [-0.39, 0.29) is 11.6 Å². The Kier molecular flexibility index (Phi) is 7.99. The number of carboxylic acids is 1. The van der Waals surface area contributed by atoms with Gasteiger partial charge in [0.25, 0.3) is 0 Å². The number of halogens is 3. The van der Waals surface area contributed by atoms with E-state index >= 15 is 0 Å². The molecule has 4 rings (SSSR count). The molecule has 0 saturated carbocycles. The number of likely N-dealkylation sites (tertiary alicyclic amines) is 2. The maximum atomic E-state index is 12.1. The van der Waals surface area contributed by atoms with E-state index < -0.39 is 12.1 Å². The van der Waals surface area contributed by atoms with Crippen LogP contribution < -0.4 is 5.32 Å². The number of hydrogen-bond acceptors (Lipinski definition) is 6. The molecule has 2 N–H and O–H groups in total. The lowest BCUT2D eigenvalue weighted by molar-refractivity contribution is -0.192. The minimum Gasteiger partial charge on any atom is -0.475 e. The molecule has 1 aromatic heterocycles. The van der Waals surface area contributed by atoms with Crippen molar-refractivity contribution in [1.29, 1.82) is 0 Å². The number of carboxylic acid groups (broad SMARTS) is 1. The molecular formula is C20H29F3N4O4S. The van der Waals surface area contributed by atoms with Crippen LogP contribution in [0.1, 0.15) is 36.3 Å². The van der Waals surface area contributed by atoms with Crippen LogP contribution in [0.15, 0.2) is 5.51 Å². The highest BCUT2D eigenvalue weighted by Crippen LogP contribution is 2.42. The minimum atomic E-state index is -5.08. The quantitative estimate of drug-likeness (QED) is 0.676. The topological polar surface area (TPSA) is 95.0 Å². The molecule has 3 aliphatic heterocycles. The zero-order valence-corrected chi connectivity index (χ0v) is 18.8. The Morgan fingerprint density at radius 3 is 2.56 bits per heavy atom. The summed E-state index contributed by atoms with van der Waals surface area (Å²) in [6, 6.07) is 0.112. The van der Waals surface area contributed by atoms with Crippen LogP contribution in [0.3, 0.4) is 0 Å². The molecule has 0 aliphatic carbocycles. The normalized spacial score (nSPS) is 22.4. The molecule has 2 amide bonds. The summed E-state index contributed by atoms with van der Waals surface area (Å²) in [7, 11) is 0. The number of nitrogens with one attached hydrogen (secondary N) is 1. The lowest BCUT2D eigenvalue weighted by Crippen LogP contribution is -2.64. The minimum absolute atomic E-state index is 0.0248. The van der Waals surface area contributed by atoms with Gasteiger partial charge in [0.1, 0.15) is 0 Å². The molecule has 3 fully saturated rings. The molecule has 3 aliphatic rings. The summed E-state index contributed by atoms with van der Waals surface area (Å²) in [5.41, 5.74) is 3.11. The van der Waals surface area contributed by atoms with Crippen molar-refractivity contribution in [2.75, 3.05) is 39.3 Å². The van der Waals surface area contributed by atoms with Gasteiger partial charge in [-0.05, 0) is 38.5 Å². The second kappa shape index (κ2) is 10.3. The monoisotopic (exact) mass is 478 g/mol. The first-order valence-electron chi connectivity index (χ1n) is 10.7. The van der Waals surface area contributed by atoms with Gasteiger partial charge in [0, 0.05) is 50.8 Å². The summed E-state index contributed by atoms with van der Waals surface area (Å²) >= 11 is 1.74. The molecule has 0 aromatic carbocycles. The Hall–Kier alpha value is -1.92. The number of rotatable bonds is 5. The molecule has 1 aromatic rings. The van der Waals surface area contributed by atoms with Crippen LogP contribution in [-0.4, -0.2) is 83.0 Å². The van der Waals surface area contributed by atoms with Crippen LogP contribution in [-0.2, 0) is 16.1 Å². The fourth-order valence-electron chi connectivity index (χ4n) is 4.43. The zero-order valence-electron chi connectivity index (χ0n) is 18.0. The molecule has 1 spiro atoms. The Labute approximate surface area is 188 Å². The summed E-state index contributed by atoms with van der Waals surface area (Å²) in [6.07, 6.45) is -0.663. The first-order valence-corrected chi connectivity index (χ1v) is 11.6. The van der Waals surface area contributed by atoms with Crippen LogP contribution in [0.25, 0.3) is 0 Å². The van der Waals surface area contributed by atoms with Gasteiger partial charge < -0.3 is 20.1 Å². The number of thiazole rings is 1. The van der Waals surface area contributed by atoms with Crippen molar-refractivity contribution >= 4 is 23.3 Å². The van der Waals surface area contributed by atoms with Gasteiger partial charge in [0.05, 0.1) is 16.8 Å². The van der Waals surface area contributed by atoms with Crippen LogP contribution in [0, 0.1) is 12.8 Å². The third-order valence-electron chi connectivity index (χ3n) is 6.20. The molecule has 0 radical (unpaired) electrons. The summed E-state index contributed by atoms with van der Waals surface area (Å²) < 4.78 is 37.9. The lowest BCUT2D eigenvalue weighted by atomic mass is 9.79. The van der Waals surface area contributed by atoms with Gasteiger partial charge >= 0.3 is 18.2 Å². The number of amides is 2. The first kappa shape index (κ1) is 24.7. The van der Waals surface area contributed by atoms with Crippen LogP contribution in [0.4, 0.5) is 18.0 Å². The van der Waals surface area contributed by atoms with Crippen LogP contribution >= 0.6 is 11.3 Å². The van der Waals surface area contributed by atoms with Gasteiger partial charge in [-0.2, -0.15) is 13.2 Å². The van der Waals surface area contributed by atoms with E-state index in [0.717, 1.165) is 77.3 Å². The lowest BCUT2D eigenvalue weighted by Gasteiger charge is -2.50. The van der Waals surface area contributed by atoms with E-state index in [1.54, 1.807) is 11.3 Å². The van der Waals surface area contributed by atoms with Crippen molar-refractivity contribution in [3.05, 3.63) is 16.1 Å². The summed E-state index contributed by atoms with van der Waals surface area (Å²) in [6.45, 7) is 8.53. The zero-order chi connectivity index (χ0) is 23.4. The summed E-state index contributed by atoms with van der Waals surface area (Å²) in [4.78, 5) is 31.1. The predicted molar refractivity (Wildman–Crippen MR) is 111 cm³/mol. The highest BCUT2D eigenvalue weighted by atomic mass is 32.1. The number of carbonyl (C=O) groups is 2. The van der Waals surface area contributed by atoms with Crippen molar-refractivity contribution in [3.8, 4) is 0 Å². The molecule has 8 nitrogen and oxygen atoms in total. The van der Waals surface area contributed by atoms with E-state index in [2.05, 4.69) is 22.1 Å². The second-order valence-electron chi connectivity index (χ2n) is 8.42. The van der Waals surface area contributed by atoms with Gasteiger partial charge in [0.15, 0.2) is 0 Å². The maximum Gasteiger partial charge on any atom is 0.490 e. The fraction of sp³-hybridized carbons (Fsp3) is 0.750. The summed E-state index contributed by atoms with van der Waals surface area (Å²) in [5, 5.41) is 10.2. The van der Waals surface area contributed by atoms with Crippen molar-refractivity contribution in [2.45, 2.75) is 50.9 Å². The second-order valence-corrected chi connectivity index (χ2v) is 9.36. The molecular weight excluding hydrogens is 449 g/mol. The Morgan fingerprint density at radius 1 is 1.34 bits per heavy atom. The van der Waals surface area contributed by atoms with Crippen LogP contribution in [0.5, 0.6) is 0 Å². The van der Waals surface area contributed by atoms with Gasteiger partial charge in [-0.25, -0.2) is 14.6 Å². The molecule has 12 heteroatoms. The number of ether oxygens (including phenoxy) is 1. The number of alkyl halides is 3. The molecule has 0 bridgehead atoms. The van der Waals surface area contributed by atoms with Gasteiger partial charge in [-0.15, -0.1) is 11.3 Å². The number of aromatic nitrogens is 1. The first-order chi connectivity index (χ1) is 15.1. The number of urea groups is 1. The molecule has 1 atom stereocenters. The molecule has 180 valence electrons. The molecule has 32 heavy (non-hydrogen) atoms. The average Bonchev–Trinajstić information content (AvgIpc) is 3.43. The van der Waals surface area contributed by atoms with Gasteiger partial charge in [-0.3, -0.25) is 4.90 Å². The summed E-state index contributed by atoms with van der Waals surface area (Å²) in [5.74, 6) is -2.20. The van der Waals surface area contributed by atoms with Crippen molar-refractivity contribution in [3.63, 3.8) is 0 Å². The predicted octanol–water partition coefficient (Wildman–Crippen LogP) is 2.87. The molecule has 1 unspecified atom stereocenters. The SMILES string of the molecule is Cc1ncsc1CN1CC2(C1)OCCC2CCNC(=O)N1CCCC1.O=C(O)C(F)(F)F. The van der Waals surface area contributed by atoms with Crippen molar-refractivity contribution in [2.24, 2.45) is 5.92 Å². The van der Waals surface area contributed by atoms with E-state index in [0.29, 0.717) is 5.92 Å². The maximum absolute atomic E-state index is 12.1. The van der Waals surface area contributed by atoms with Crippen LogP contribution in [0.2, 0.25) is 0 Å². The molecule has 3 saturated heterocycles. The number of carbonyl (C=O) groups excluding carboxylic acids is 1. The van der Waals surface area contributed by atoms with E-state index in [1.807, 2.05) is 10.4 Å². The van der Waals surface area contributed by atoms with Crippen molar-refractivity contribution < 1.29 is 32.6 Å². The highest BCUT2D eigenvalue weighted by molar-refractivity contribution is 7.09. The Balaban J connectivity index is 0.000000360. The van der Waals surface area contributed by atoms with Gasteiger partial charge in [0.2, 0.25) is 0 Å². The number of aliphatic carboxylic acids is 1. The van der Waals surface area contributed by atoms with Gasteiger partial charge in [-0.1, -0.05) is 0 Å². The fourth-order valence-corrected chi connectivity index (χ4v) is 5.25. The Morgan fingerprint density at radius 2 is 2.00 bits per heavy atom. The van der Waals surface area contributed by atoms with E-state index in [4.69, 9.17) is 14.6 Å². The Bertz CT molecular complexity index is 792. The van der Waals surface area contributed by atoms with Crippen molar-refractivity contribution in [1.82, 2.24) is 20.1 Å². The number of nitrogens with zero attached hydrogens (tertiary/aromatic N) is 3. The molecule has 4 heterocycles. The largest absolute Gasteiger partial charge is 0.490 e. The smallest absolute Gasteiger partial charge is 0.475 e. The third kappa shape index (κ3) is 6.10.